The van der Waals surface area contributed by atoms with Crippen molar-refractivity contribution < 1.29 is 9.59 Å². The van der Waals surface area contributed by atoms with Crippen LogP contribution in [0.4, 0.5) is 4.79 Å². The van der Waals surface area contributed by atoms with Crippen molar-refractivity contribution in [2.45, 2.75) is 13.0 Å². The number of aryl methyl sites for hydroxylation is 2. The number of hydrogen-bond acceptors (Lipinski definition) is 3. The Bertz CT molecular complexity index is 989. The van der Waals surface area contributed by atoms with Crippen molar-refractivity contribution in [3.63, 3.8) is 0 Å². The molecule has 0 atom stereocenters. The molecule has 4 rings (SSSR count). The first-order valence-electron chi connectivity index (χ1n) is 8.07. The molecule has 4 nitrogen and oxygen atoms in total. The number of aromatic nitrogens is 1. The van der Waals surface area contributed by atoms with Gasteiger partial charge in [0.05, 0.1) is 4.91 Å². The Balaban J connectivity index is 1.63. The Hall–Kier alpha value is -2.79. The minimum absolute atomic E-state index is 0.316. The average Bonchev–Trinajstić information content (AvgIpc) is 3.17. The predicted octanol–water partition coefficient (Wildman–Crippen LogP) is 4.21. The minimum atomic E-state index is -0.324. The number of benzene rings is 2. The van der Waals surface area contributed by atoms with Crippen molar-refractivity contribution in [3.05, 3.63) is 76.8 Å². The van der Waals surface area contributed by atoms with Crippen LogP contribution in [0.15, 0.2) is 65.7 Å². The molecule has 1 N–H and O–H groups in total. The van der Waals surface area contributed by atoms with Gasteiger partial charge in [-0.15, -0.1) is 0 Å². The normalized spacial score (nSPS) is 15.9. The lowest BCUT2D eigenvalue weighted by atomic mass is 10.1. The number of thioether (sulfide) groups is 1. The van der Waals surface area contributed by atoms with E-state index in [4.69, 9.17) is 0 Å². The number of amides is 2. The maximum absolute atomic E-state index is 11.8. The van der Waals surface area contributed by atoms with Crippen molar-refractivity contribution >= 4 is 39.9 Å². The molecular formula is C20H16N2O2S. The summed E-state index contributed by atoms with van der Waals surface area (Å²) in [6.45, 7) is 0.890. The first-order chi connectivity index (χ1) is 12.2. The summed E-state index contributed by atoms with van der Waals surface area (Å²) in [4.78, 5) is 23.5. The Kier molecular flexibility index (Phi) is 4.15. The number of carbonyl (C=O) groups excluding carboxylic acids is 2. The lowest BCUT2D eigenvalue weighted by Gasteiger charge is -2.06. The molecule has 124 valence electrons. The number of hydrogen-bond donors (Lipinski definition) is 1. The van der Waals surface area contributed by atoms with Gasteiger partial charge in [-0.3, -0.25) is 14.9 Å². The monoisotopic (exact) mass is 348 g/mol. The number of nitrogens with one attached hydrogen (secondary N) is 1. The largest absolute Gasteiger partial charge is 0.347 e. The van der Waals surface area contributed by atoms with Gasteiger partial charge >= 0.3 is 0 Å². The molecule has 0 bridgehead atoms. The van der Waals surface area contributed by atoms with Crippen LogP contribution in [0, 0.1) is 0 Å². The Morgan fingerprint density at radius 3 is 2.60 bits per heavy atom. The van der Waals surface area contributed by atoms with Gasteiger partial charge in [-0.25, -0.2) is 0 Å². The molecule has 1 saturated heterocycles. The predicted molar refractivity (Wildman–Crippen MR) is 101 cm³/mol. The molecule has 0 unspecified atom stereocenters. The van der Waals surface area contributed by atoms with Crippen molar-refractivity contribution in [1.82, 2.24) is 9.88 Å². The molecule has 0 saturated carbocycles. The maximum atomic E-state index is 11.8. The fourth-order valence-electron chi connectivity index (χ4n) is 3.02. The van der Waals surface area contributed by atoms with Crippen LogP contribution < -0.4 is 5.32 Å². The van der Waals surface area contributed by atoms with Crippen LogP contribution in [0.5, 0.6) is 0 Å². The quantitative estimate of drug-likeness (QED) is 0.719. The van der Waals surface area contributed by atoms with E-state index in [-0.39, 0.29) is 11.1 Å². The van der Waals surface area contributed by atoms with Gasteiger partial charge in [0.25, 0.3) is 11.1 Å². The summed E-state index contributed by atoms with van der Waals surface area (Å²) in [7, 11) is 0. The van der Waals surface area contributed by atoms with Gasteiger partial charge in [-0.2, -0.15) is 0 Å². The zero-order chi connectivity index (χ0) is 17.2. The standard InChI is InChI=1S/C20H16N2O2S/c23-19-18(25-20(24)21-19)13-15-7-4-8-17-16(15)10-12-22(17)11-9-14-5-2-1-3-6-14/h1-8,10,12-13H,9,11H2,(H,21,23,24)/b18-13-. The second-order valence-electron chi connectivity index (χ2n) is 5.88. The molecule has 2 amide bonds. The summed E-state index contributed by atoms with van der Waals surface area (Å²) in [6.07, 6.45) is 4.82. The summed E-state index contributed by atoms with van der Waals surface area (Å²) in [5.41, 5.74) is 3.38. The minimum Gasteiger partial charge on any atom is -0.347 e. The number of nitrogens with zero attached hydrogens (tertiary/aromatic N) is 1. The van der Waals surface area contributed by atoms with Crippen molar-refractivity contribution in [3.8, 4) is 0 Å². The van der Waals surface area contributed by atoms with Crippen molar-refractivity contribution in [2.75, 3.05) is 0 Å². The molecular weight excluding hydrogens is 332 g/mol. The highest BCUT2D eigenvalue weighted by atomic mass is 32.2. The number of fused-ring (bicyclic) bond motifs is 1. The highest BCUT2D eigenvalue weighted by Crippen LogP contribution is 2.29. The summed E-state index contributed by atoms with van der Waals surface area (Å²) in [6, 6.07) is 18.5. The topological polar surface area (TPSA) is 51.1 Å². The second-order valence-corrected chi connectivity index (χ2v) is 6.89. The third-order valence-electron chi connectivity index (χ3n) is 4.26. The Morgan fingerprint density at radius 2 is 1.84 bits per heavy atom. The van der Waals surface area contributed by atoms with Gasteiger partial charge < -0.3 is 4.57 Å². The Morgan fingerprint density at radius 1 is 1.00 bits per heavy atom. The van der Waals surface area contributed by atoms with Gasteiger partial charge in [0.15, 0.2) is 0 Å². The zero-order valence-corrected chi connectivity index (χ0v) is 14.3. The molecule has 5 heteroatoms. The molecule has 1 aliphatic heterocycles. The van der Waals surface area contributed by atoms with E-state index in [9.17, 15) is 9.59 Å². The molecule has 1 aromatic heterocycles. The van der Waals surface area contributed by atoms with Crippen molar-refractivity contribution in [1.29, 1.82) is 0 Å². The van der Waals surface area contributed by atoms with Crippen LogP contribution in [0.1, 0.15) is 11.1 Å². The van der Waals surface area contributed by atoms with Crippen LogP contribution in [0.25, 0.3) is 17.0 Å². The molecule has 0 aliphatic carbocycles. The third-order valence-corrected chi connectivity index (χ3v) is 5.07. The van der Waals surface area contributed by atoms with Crippen LogP contribution in [0.3, 0.4) is 0 Å². The summed E-state index contributed by atoms with van der Waals surface area (Å²) >= 11 is 0.946. The van der Waals surface area contributed by atoms with Crippen LogP contribution in [-0.2, 0) is 17.8 Å². The second kappa shape index (κ2) is 6.61. The van der Waals surface area contributed by atoms with E-state index < -0.39 is 0 Å². The highest BCUT2D eigenvalue weighted by molar-refractivity contribution is 8.18. The first kappa shape index (κ1) is 15.7. The lowest BCUT2D eigenvalue weighted by molar-refractivity contribution is -0.115. The smallest absolute Gasteiger partial charge is 0.290 e. The van der Waals surface area contributed by atoms with Crippen molar-refractivity contribution in [2.24, 2.45) is 0 Å². The maximum Gasteiger partial charge on any atom is 0.290 e. The molecule has 1 fully saturated rings. The van der Waals surface area contributed by atoms with Crippen LogP contribution in [-0.4, -0.2) is 15.7 Å². The van der Waals surface area contributed by atoms with Gasteiger partial charge in [0.2, 0.25) is 0 Å². The number of rotatable bonds is 4. The molecule has 2 heterocycles. The average molecular weight is 348 g/mol. The van der Waals surface area contributed by atoms with E-state index in [1.54, 1.807) is 6.08 Å². The SMILES string of the molecule is O=C1NC(=O)/C(=C/c2cccc3c2ccn3CCc2ccccc2)S1. The van der Waals surface area contributed by atoms with E-state index in [2.05, 4.69) is 52.5 Å². The Labute approximate surface area is 149 Å². The fourth-order valence-corrected chi connectivity index (χ4v) is 3.70. The van der Waals surface area contributed by atoms with E-state index in [1.807, 2.05) is 18.2 Å². The number of carbonyl (C=O) groups is 2. The zero-order valence-electron chi connectivity index (χ0n) is 13.4. The van der Waals surface area contributed by atoms with E-state index in [0.29, 0.717) is 4.91 Å². The molecule has 0 radical (unpaired) electrons. The van der Waals surface area contributed by atoms with Gasteiger partial charge in [-0.1, -0.05) is 42.5 Å². The van der Waals surface area contributed by atoms with E-state index >= 15 is 0 Å². The van der Waals surface area contributed by atoms with Crippen LogP contribution in [0.2, 0.25) is 0 Å². The summed E-state index contributed by atoms with van der Waals surface area (Å²) < 4.78 is 2.22. The third kappa shape index (κ3) is 3.23. The van der Waals surface area contributed by atoms with Gasteiger partial charge in [0, 0.05) is 23.6 Å². The summed E-state index contributed by atoms with van der Waals surface area (Å²) in [5, 5.41) is 3.05. The molecule has 3 aromatic rings. The van der Waals surface area contributed by atoms with Gasteiger partial charge in [0.1, 0.15) is 0 Å². The molecule has 25 heavy (non-hydrogen) atoms. The first-order valence-corrected chi connectivity index (χ1v) is 8.89. The molecule has 1 aliphatic rings. The van der Waals surface area contributed by atoms with E-state index in [0.717, 1.165) is 41.2 Å². The number of imide groups is 1. The van der Waals surface area contributed by atoms with Gasteiger partial charge in [-0.05, 0) is 47.5 Å². The highest BCUT2D eigenvalue weighted by Gasteiger charge is 2.25. The summed E-state index contributed by atoms with van der Waals surface area (Å²) in [5.74, 6) is -0.324. The molecule has 0 spiro atoms. The van der Waals surface area contributed by atoms with E-state index in [1.165, 1.54) is 5.56 Å². The fraction of sp³-hybridized carbons (Fsp3) is 0.100. The molecule has 2 aromatic carbocycles. The van der Waals surface area contributed by atoms with Crippen LogP contribution >= 0.6 is 11.8 Å². The lowest BCUT2D eigenvalue weighted by Crippen LogP contribution is -2.17.